The Morgan fingerprint density at radius 1 is 0.949 bits per heavy atom. The van der Waals surface area contributed by atoms with Gasteiger partial charge in [-0.3, -0.25) is 14.3 Å². The van der Waals surface area contributed by atoms with Crippen molar-refractivity contribution in [3.63, 3.8) is 0 Å². The molecule has 0 unspecified atom stereocenters. The largest absolute Gasteiger partial charge is 0.369 e. The predicted octanol–water partition coefficient (Wildman–Crippen LogP) is 2.71. The Kier molecular flexibility index (Phi) is 10.1. The van der Waals surface area contributed by atoms with Gasteiger partial charge in [-0.2, -0.15) is 4.98 Å². The maximum absolute atomic E-state index is 13.3. The smallest absolute Gasteiger partial charge is 0.325 e. The zero-order chi connectivity index (χ0) is 27.8. The minimum absolute atomic E-state index is 0.0285. The number of anilines is 2. The van der Waals surface area contributed by atoms with Gasteiger partial charge < -0.3 is 30.3 Å². The van der Waals surface area contributed by atoms with Gasteiger partial charge in [-0.25, -0.2) is 4.98 Å². The quantitative estimate of drug-likeness (QED) is 0.182. The summed E-state index contributed by atoms with van der Waals surface area (Å²) in [4.78, 5) is 44.6. The van der Waals surface area contributed by atoms with E-state index >= 15 is 0 Å². The zero-order valence-corrected chi connectivity index (χ0v) is 23.5. The molecule has 0 amide bonds. The molecule has 1 aliphatic heterocycles. The number of piperazine rings is 1. The first-order valence-corrected chi connectivity index (χ1v) is 15.5. The van der Waals surface area contributed by atoms with Crippen LogP contribution in [0.15, 0.2) is 41.3 Å². The van der Waals surface area contributed by atoms with Crippen molar-refractivity contribution in [1.82, 2.24) is 24.3 Å². The molecule has 3 heterocycles. The van der Waals surface area contributed by atoms with Gasteiger partial charge in [0, 0.05) is 51.6 Å². The van der Waals surface area contributed by atoms with Crippen LogP contribution in [0.4, 0.5) is 11.8 Å². The van der Waals surface area contributed by atoms with Crippen LogP contribution in [0.25, 0.3) is 10.9 Å². The van der Waals surface area contributed by atoms with E-state index in [0.29, 0.717) is 36.2 Å². The van der Waals surface area contributed by atoms with Crippen molar-refractivity contribution in [2.75, 3.05) is 56.5 Å². The number of unbranched alkanes of at least 4 members (excludes halogenated alkanes) is 2. The zero-order valence-electron chi connectivity index (χ0n) is 22.6. The van der Waals surface area contributed by atoms with Crippen molar-refractivity contribution in [2.24, 2.45) is 0 Å². The number of nitrogens with zero attached hydrogens (tertiary/aromatic N) is 5. The lowest BCUT2D eigenvalue weighted by atomic mass is 10.1. The minimum Gasteiger partial charge on any atom is -0.369 e. The average Bonchev–Trinajstić information content (AvgIpc) is 2.89. The molecule has 5 N–H and O–H groups in total. The molecule has 12 heteroatoms. The van der Waals surface area contributed by atoms with E-state index in [9.17, 15) is 9.36 Å². The van der Waals surface area contributed by atoms with Gasteiger partial charge >= 0.3 is 7.60 Å². The van der Waals surface area contributed by atoms with Gasteiger partial charge in [0.2, 0.25) is 5.95 Å². The number of benzene rings is 1. The lowest BCUT2D eigenvalue weighted by molar-refractivity contribution is 0.126. The summed E-state index contributed by atoms with van der Waals surface area (Å²) >= 11 is 0. The highest BCUT2D eigenvalue weighted by Gasteiger charge is 2.18. The number of aromatic nitrogens is 3. The lowest BCUT2D eigenvalue weighted by Gasteiger charge is -2.34. The number of hydrogen-bond acceptors (Lipinski definition) is 8. The Morgan fingerprint density at radius 3 is 2.28 bits per heavy atom. The fraction of sp³-hybridized carbons (Fsp3) is 0.519. The molecule has 39 heavy (non-hydrogen) atoms. The molecule has 3 aromatic rings. The third kappa shape index (κ3) is 8.58. The summed E-state index contributed by atoms with van der Waals surface area (Å²) in [5, 5.41) is 3.71. The second-order valence-electron chi connectivity index (χ2n) is 10.2. The first-order chi connectivity index (χ1) is 18.7. The van der Waals surface area contributed by atoms with Crippen LogP contribution < -0.4 is 16.6 Å². The van der Waals surface area contributed by atoms with Gasteiger partial charge in [-0.05, 0) is 43.0 Å². The molecule has 1 aliphatic rings. The van der Waals surface area contributed by atoms with E-state index in [-0.39, 0.29) is 17.7 Å². The van der Waals surface area contributed by atoms with Crippen molar-refractivity contribution in [1.29, 1.82) is 0 Å². The molecule has 212 valence electrons. The Balaban J connectivity index is 1.32. The SMILES string of the molecule is CCCCNc1nc(N)nc2ccn(Cc3ccc(CN4CCN(CCCCP(=O)(O)O)CC4)cc3)c(=O)c12. The van der Waals surface area contributed by atoms with E-state index in [1.807, 2.05) is 6.07 Å². The van der Waals surface area contributed by atoms with E-state index in [0.717, 1.165) is 64.1 Å². The molecule has 0 spiro atoms. The van der Waals surface area contributed by atoms with Crippen molar-refractivity contribution in [2.45, 2.75) is 45.7 Å². The van der Waals surface area contributed by atoms with E-state index in [1.165, 1.54) is 5.56 Å². The molecule has 0 aliphatic carbocycles. The summed E-state index contributed by atoms with van der Waals surface area (Å²) in [5.41, 5.74) is 8.53. The highest BCUT2D eigenvalue weighted by atomic mass is 31.2. The highest BCUT2D eigenvalue weighted by molar-refractivity contribution is 7.51. The first kappa shape index (κ1) is 29.2. The van der Waals surface area contributed by atoms with Crippen molar-refractivity contribution < 1.29 is 14.4 Å². The normalized spacial score (nSPS) is 15.2. The molecule has 1 aromatic carbocycles. The van der Waals surface area contributed by atoms with Crippen LogP contribution in [0.2, 0.25) is 0 Å². The molecular weight excluding hydrogens is 517 g/mol. The van der Waals surface area contributed by atoms with Crippen LogP contribution >= 0.6 is 7.60 Å². The number of pyridine rings is 1. The first-order valence-electron chi connectivity index (χ1n) is 13.7. The Bertz CT molecular complexity index is 1330. The average molecular weight is 558 g/mol. The number of nitrogens with one attached hydrogen (secondary N) is 1. The van der Waals surface area contributed by atoms with Crippen LogP contribution in [-0.2, 0) is 17.7 Å². The summed E-state index contributed by atoms with van der Waals surface area (Å²) in [7, 11) is -3.88. The molecule has 11 nitrogen and oxygen atoms in total. The Labute approximate surface area is 229 Å². The maximum atomic E-state index is 13.3. The minimum atomic E-state index is -3.88. The molecule has 4 rings (SSSR count). The van der Waals surface area contributed by atoms with Crippen molar-refractivity contribution in [3.8, 4) is 0 Å². The molecule has 1 fully saturated rings. The van der Waals surface area contributed by atoms with Gasteiger partial charge in [0.05, 0.1) is 12.1 Å². The van der Waals surface area contributed by atoms with E-state index in [4.69, 9.17) is 15.5 Å². The molecule has 0 radical (unpaired) electrons. The van der Waals surface area contributed by atoms with Gasteiger partial charge in [0.1, 0.15) is 11.2 Å². The van der Waals surface area contributed by atoms with Crippen molar-refractivity contribution >= 4 is 30.3 Å². The van der Waals surface area contributed by atoms with E-state index in [2.05, 4.69) is 56.3 Å². The topological polar surface area (TPSA) is 150 Å². The second kappa shape index (κ2) is 13.5. The van der Waals surface area contributed by atoms with Crippen LogP contribution in [0.3, 0.4) is 0 Å². The monoisotopic (exact) mass is 557 g/mol. The second-order valence-corrected chi connectivity index (χ2v) is 12.0. The number of hydrogen-bond donors (Lipinski definition) is 4. The molecule has 0 atom stereocenters. The maximum Gasteiger partial charge on any atom is 0.325 e. The Morgan fingerprint density at radius 2 is 1.62 bits per heavy atom. The van der Waals surface area contributed by atoms with E-state index < -0.39 is 7.60 Å². The van der Waals surface area contributed by atoms with Gasteiger partial charge in [0.25, 0.3) is 5.56 Å². The van der Waals surface area contributed by atoms with Gasteiger partial charge in [-0.15, -0.1) is 0 Å². The number of fused-ring (bicyclic) bond motifs is 1. The number of nitrogen functional groups attached to an aromatic ring is 1. The lowest BCUT2D eigenvalue weighted by Crippen LogP contribution is -2.46. The highest BCUT2D eigenvalue weighted by Crippen LogP contribution is 2.35. The van der Waals surface area contributed by atoms with Crippen LogP contribution in [-0.4, -0.2) is 79.6 Å². The summed E-state index contributed by atoms with van der Waals surface area (Å²) in [6.45, 7) is 8.88. The van der Waals surface area contributed by atoms with E-state index in [1.54, 1.807) is 10.8 Å². The number of nitrogens with two attached hydrogens (primary N) is 1. The molecule has 0 saturated carbocycles. The molecular formula is C27H40N7O4P. The third-order valence-electron chi connectivity index (χ3n) is 7.08. The van der Waals surface area contributed by atoms with Crippen molar-refractivity contribution in [3.05, 3.63) is 58.0 Å². The predicted molar refractivity (Wildman–Crippen MR) is 155 cm³/mol. The van der Waals surface area contributed by atoms with Crippen LogP contribution in [0, 0.1) is 0 Å². The fourth-order valence-corrected chi connectivity index (χ4v) is 5.50. The Hall–Kier alpha value is -2.82. The molecule has 2 aromatic heterocycles. The summed E-state index contributed by atoms with van der Waals surface area (Å²) < 4.78 is 12.7. The molecule has 0 bridgehead atoms. The van der Waals surface area contributed by atoms with Crippen LogP contribution in [0.5, 0.6) is 0 Å². The number of rotatable bonds is 13. The third-order valence-corrected chi connectivity index (χ3v) is 7.98. The summed E-state index contributed by atoms with van der Waals surface area (Å²) in [6, 6.07) is 10.2. The standard InChI is InChI=1S/C27H40N7O4P/c1-2-3-11-29-25-24-23(30-27(28)31-25)10-13-34(26(24)35)20-22-8-6-21(7-9-22)19-33-16-14-32(15-17-33)12-4-5-18-39(36,37)38/h6-10,13H,2-5,11-12,14-20H2,1H3,(H2,36,37,38)(H3,28,29,30,31). The fourth-order valence-electron chi connectivity index (χ4n) is 4.86. The van der Waals surface area contributed by atoms with Gasteiger partial charge in [0.15, 0.2) is 0 Å². The van der Waals surface area contributed by atoms with Crippen LogP contribution in [0.1, 0.15) is 43.7 Å². The van der Waals surface area contributed by atoms with Gasteiger partial charge in [-0.1, -0.05) is 37.6 Å². The summed E-state index contributed by atoms with van der Waals surface area (Å²) in [5.74, 6) is 0.635. The molecule has 1 saturated heterocycles. The summed E-state index contributed by atoms with van der Waals surface area (Å²) in [6.07, 6.45) is 5.10.